The van der Waals surface area contributed by atoms with Gasteiger partial charge in [0.05, 0.1) is 20.8 Å². The van der Waals surface area contributed by atoms with Gasteiger partial charge >= 0.3 is 0 Å². The molecule has 3 rings (SSSR count). The molecule has 24 heavy (non-hydrogen) atoms. The highest BCUT2D eigenvalue weighted by atomic mass is 16.5. The molecule has 5 heteroatoms. The van der Waals surface area contributed by atoms with Crippen LogP contribution in [0.15, 0.2) is 18.2 Å². The molecule has 1 aromatic rings. The van der Waals surface area contributed by atoms with E-state index in [0.29, 0.717) is 18.0 Å². The molecule has 1 aromatic carbocycles. The van der Waals surface area contributed by atoms with Gasteiger partial charge in [0.1, 0.15) is 0 Å². The highest BCUT2D eigenvalue weighted by molar-refractivity contribution is 5.92. The maximum absolute atomic E-state index is 12.4. The molecule has 0 bridgehead atoms. The van der Waals surface area contributed by atoms with Crippen molar-refractivity contribution < 1.29 is 14.3 Å². The monoisotopic (exact) mass is 332 g/mol. The molecule has 0 unspecified atom stereocenters. The number of nitrogens with one attached hydrogen (secondary N) is 1. The van der Waals surface area contributed by atoms with E-state index in [2.05, 4.69) is 10.2 Å². The summed E-state index contributed by atoms with van der Waals surface area (Å²) in [5.74, 6) is 3.01. The number of rotatable bonds is 5. The smallest absolute Gasteiger partial charge is 0.238 e. The molecular formula is C19H28N2O3. The van der Waals surface area contributed by atoms with Gasteiger partial charge in [-0.05, 0) is 43.4 Å². The van der Waals surface area contributed by atoms with E-state index in [4.69, 9.17) is 9.47 Å². The SMILES string of the molecule is COc1ccc(NC(=O)CN2CC[C@H]3CCCC[C@@H]3C2)cc1OC. The highest BCUT2D eigenvalue weighted by Gasteiger charge is 2.31. The molecule has 1 N–H and O–H groups in total. The van der Waals surface area contributed by atoms with Gasteiger partial charge in [-0.15, -0.1) is 0 Å². The second kappa shape index (κ2) is 7.88. The van der Waals surface area contributed by atoms with Gasteiger partial charge in [-0.2, -0.15) is 0 Å². The number of anilines is 1. The first-order chi connectivity index (χ1) is 11.7. The van der Waals surface area contributed by atoms with E-state index in [0.717, 1.165) is 30.6 Å². The summed E-state index contributed by atoms with van der Waals surface area (Å²) in [6.07, 6.45) is 6.71. The van der Waals surface area contributed by atoms with Crippen LogP contribution >= 0.6 is 0 Å². The van der Waals surface area contributed by atoms with Gasteiger partial charge in [-0.3, -0.25) is 9.69 Å². The van der Waals surface area contributed by atoms with Gasteiger partial charge in [0.15, 0.2) is 11.5 Å². The number of hydrogen-bond donors (Lipinski definition) is 1. The third-order valence-corrected chi connectivity index (χ3v) is 5.41. The van der Waals surface area contributed by atoms with E-state index in [1.807, 2.05) is 12.1 Å². The maximum atomic E-state index is 12.4. The number of benzene rings is 1. The average Bonchev–Trinajstić information content (AvgIpc) is 2.61. The molecule has 1 amide bonds. The van der Waals surface area contributed by atoms with Crippen molar-refractivity contribution in [2.45, 2.75) is 32.1 Å². The zero-order chi connectivity index (χ0) is 16.9. The number of amides is 1. The van der Waals surface area contributed by atoms with E-state index >= 15 is 0 Å². The Morgan fingerprint density at radius 2 is 1.88 bits per heavy atom. The maximum Gasteiger partial charge on any atom is 0.238 e. The van der Waals surface area contributed by atoms with Crippen LogP contribution < -0.4 is 14.8 Å². The fourth-order valence-electron chi connectivity index (χ4n) is 4.14. The first kappa shape index (κ1) is 17.1. The number of hydrogen-bond acceptors (Lipinski definition) is 4. The van der Waals surface area contributed by atoms with Crippen molar-refractivity contribution in [3.05, 3.63) is 18.2 Å². The van der Waals surface area contributed by atoms with Crippen LogP contribution in [0.25, 0.3) is 0 Å². The summed E-state index contributed by atoms with van der Waals surface area (Å²) in [5, 5.41) is 2.97. The number of ether oxygens (including phenoxy) is 2. The highest BCUT2D eigenvalue weighted by Crippen LogP contribution is 2.36. The topological polar surface area (TPSA) is 50.8 Å². The first-order valence-electron chi connectivity index (χ1n) is 8.94. The van der Waals surface area contributed by atoms with E-state index in [-0.39, 0.29) is 5.91 Å². The van der Waals surface area contributed by atoms with Crippen LogP contribution in [0.2, 0.25) is 0 Å². The Kier molecular flexibility index (Phi) is 5.61. The summed E-state index contributed by atoms with van der Waals surface area (Å²) in [6, 6.07) is 5.44. The molecule has 1 aliphatic heterocycles. The number of fused-ring (bicyclic) bond motifs is 1. The van der Waals surface area contributed by atoms with Crippen molar-refractivity contribution in [1.82, 2.24) is 4.90 Å². The molecule has 0 aromatic heterocycles. The fraction of sp³-hybridized carbons (Fsp3) is 0.632. The number of methoxy groups -OCH3 is 2. The average molecular weight is 332 g/mol. The lowest BCUT2D eigenvalue weighted by Gasteiger charge is -2.41. The molecule has 1 saturated heterocycles. The van der Waals surface area contributed by atoms with Crippen molar-refractivity contribution >= 4 is 11.6 Å². The van der Waals surface area contributed by atoms with Gasteiger partial charge in [-0.25, -0.2) is 0 Å². The normalized spacial score (nSPS) is 24.1. The number of piperidine rings is 1. The van der Waals surface area contributed by atoms with Crippen LogP contribution in [-0.4, -0.2) is 44.7 Å². The quantitative estimate of drug-likeness (QED) is 0.900. The predicted octanol–water partition coefficient (Wildman–Crippen LogP) is 3.15. The standard InChI is InChI=1S/C19H28N2O3/c1-23-17-8-7-16(11-18(17)24-2)20-19(22)13-21-10-9-14-5-3-4-6-15(14)12-21/h7-8,11,14-15H,3-6,9-10,12-13H2,1-2H3,(H,20,22)/t14-,15-/m1/s1. The van der Waals surface area contributed by atoms with Crippen molar-refractivity contribution in [3.8, 4) is 11.5 Å². The van der Waals surface area contributed by atoms with Gasteiger partial charge in [0.2, 0.25) is 5.91 Å². The summed E-state index contributed by atoms with van der Waals surface area (Å²) in [6.45, 7) is 2.59. The molecule has 2 atom stereocenters. The Hall–Kier alpha value is -1.75. The van der Waals surface area contributed by atoms with Crippen molar-refractivity contribution in [2.24, 2.45) is 11.8 Å². The van der Waals surface area contributed by atoms with Gasteiger partial charge in [0.25, 0.3) is 0 Å². The zero-order valence-electron chi connectivity index (χ0n) is 14.7. The number of carbonyl (C=O) groups is 1. The van der Waals surface area contributed by atoms with E-state index < -0.39 is 0 Å². The second-order valence-corrected chi connectivity index (χ2v) is 6.95. The Morgan fingerprint density at radius 1 is 1.12 bits per heavy atom. The number of carbonyl (C=O) groups excluding carboxylic acids is 1. The summed E-state index contributed by atoms with van der Waals surface area (Å²) in [4.78, 5) is 14.7. The summed E-state index contributed by atoms with van der Waals surface area (Å²) < 4.78 is 10.5. The number of likely N-dealkylation sites (tertiary alicyclic amines) is 1. The Bertz CT molecular complexity index is 576. The van der Waals surface area contributed by atoms with Crippen molar-refractivity contribution in [1.29, 1.82) is 0 Å². The molecule has 2 aliphatic rings. The Labute approximate surface area is 144 Å². The summed E-state index contributed by atoms with van der Waals surface area (Å²) in [7, 11) is 3.20. The summed E-state index contributed by atoms with van der Waals surface area (Å²) in [5.41, 5.74) is 0.741. The van der Waals surface area contributed by atoms with Crippen LogP contribution in [0, 0.1) is 11.8 Å². The van der Waals surface area contributed by atoms with Crippen LogP contribution in [0.1, 0.15) is 32.1 Å². The van der Waals surface area contributed by atoms with Gasteiger partial charge in [0, 0.05) is 18.3 Å². The largest absolute Gasteiger partial charge is 0.493 e. The van der Waals surface area contributed by atoms with E-state index in [1.165, 1.54) is 32.1 Å². The third kappa shape index (κ3) is 4.01. The lowest BCUT2D eigenvalue weighted by atomic mass is 9.75. The molecule has 2 fully saturated rings. The second-order valence-electron chi connectivity index (χ2n) is 6.95. The van der Waals surface area contributed by atoms with Crippen molar-refractivity contribution in [2.75, 3.05) is 39.2 Å². The lowest BCUT2D eigenvalue weighted by Crippen LogP contribution is -2.44. The van der Waals surface area contributed by atoms with Crippen LogP contribution in [0.5, 0.6) is 11.5 Å². The lowest BCUT2D eigenvalue weighted by molar-refractivity contribution is -0.118. The Balaban J connectivity index is 1.54. The summed E-state index contributed by atoms with van der Waals surface area (Å²) >= 11 is 0. The number of nitrogens with zero attached hydrogens (tertiary/aromatic N) is 1. The van der Waals surface area contributed by atoms with Crippen LogP contribution in [0.4, 0.5) is 5.69 Å². The van der Waals surface area contributed by atoms with E-state index in [9.17, 15) is 4.79 Å². The first-order valence-corrected chi connectivity index (χ1v) is 8.94. The van der Waals surface area contributed by atoms with Gasteiger partial charge in [-0.1, -0.05) is 19.3 Å². The minimum absolute atomic E-state index is 0.0384. The molecule has 0 radical (unpaired) electrons. The zero-order valence-corrected chi connectivity index (χ0v) is 14.7. The van der Waals surface area contributed by atoms with E-state index in [1.54, 1.807) is 20.3 Å². The van der Waals surface area contributed by atoms with Crippen LogP contribution in [0.3, 0.4) is 0 Å². The van der Waals surface area contributed by atoms with Gasteiger partial charge < -0.3 is 14.8 Å². The Morgan fingerprint density at radius 3 is 2.62 bits per heavy atom. The molecule has 0 spiro atoms. The fourth-order valence-corrected chi connectivity index (χ4v) is 4.14. The van der Waals surface area contributed by atoms with Crippen LogP contribution in [-0.2, 0) is 4.79 Å². The van der Waals surface area contributed by atoms with Crippen molar-refractivity contribution in [3.63, 3.8) is 0 Å². The molecule has 1 heterocycles. The minimum Gasteiger partial charge on any atom is -0.493 e. The molecule has 1 aliphatic carbocycles. The molecule has 5 nitrogen and oxygen atoms in total. The minimum atomic E-state index is 0.0384. The molecule has 132 valence electrons. The molecular weight excluding hydrogens is 304 g/mol. The predicted molar refractivity (Wildman–Crippen MR) is 94.7 cm³/mol. The third-order valence-electron chi connectivity index (χ3n) is 5.41. The molecule has 1 saturated carbocycles.